The molecule has 0 bridgehead atoms. The number of aromatic nitrogens is 5. The number of fused-ring (bicyclic) bond motifs is 3. The summed E-state index contributed by atoms with van der Waals surface area (Å²) in [5.74, 6) is -0.210. The van der Waals surface area contributed by atoms with Crippen molar-refractivity contribution in [1.29, 1.82) is 0 Å². The van der Waals surface area contributed by atoms with Gasteiger partial charge in [0.2, 0.25) is 5.82 Å². The van der Waals surface area contributed by atoms with Crippen molar-refractivity contribution in [3.63, 3.8) is 0 Å². The summed E-state index contributed by atoms with van der Waals surface area (Å²) in [6.45, 7) is 0.522. The highest BCUT2D eigenvalue weighted by Gasteiger charge is 2.47. The fraction of sp³-hybridized carbons (Fsp3) is 0.333. The third kappa shape index (κ3) is 2.45. The van der Waals surface area contributed by atoms with Gasteiger partial charge >= 0.3 is 0 Å². The maximum atomic E-state index is 13.8. The van der Waals surface area contributed by atoms with Crippen molar-refractivity contribution in [3.05, 3.63) is 46.5 Å². The number of hydrogen-bond donors (Lipinski definition) is 1. The van der Waals surface area contributed by atoms with Crippen molar-refractivity contribution in [3.8, 4) is 11.6 Å². The first kappa shape index (κ1) is 17.0. The van der Waals surface area contributed by atoms with Crippen LogP contribution in [0.1, 0.15) is 18.7 Å². The number of nitrogens with zero attached hydrogens (tertiary/aromatic N) is 5. The molecule has 1 aromatic carbocycles. The summed E-state index contributed by atoms with van der Waals surface area (Å²) in [5, 5.41) is 14.0. The highest BCUT2D eigenvalue weighted by Crippen LogP contribution is 2.44. The number of ether oxygens (including phenoxy) is 1. The predicted molar refractivity (Wildman–Crippen MR) is 95.2 cm³/mol. The molecule has 0 radical (unpaired) electrons. The van der Waals surface area contributed by atoms with E-state index in [0.717, 1.165) is 0 Å². The second-order valence-electron chi connectivity index (χ2n) is 6.85. The van der Waals surface area contributed by atoms with Crippen LogP contribution < -0.4 is 5.56 Å². The van der Waals surface area contributed by atoms with Gasteiger partial charge in [0.25, 0.3) is 11.4 Å². The average molecular weight is 385 g/mol. The van der Waals surface area contributed by atoms with Gasteiger partial charge in [-0.05, 0) is 31.0 Å². The number of benzene rings is 1. The van der Waals surface area contributed by atoms with Crippen molar-refractivity contribution in [2.45, 2.75) is 25.0 Å². The molecule has 3 heterocycles. The zero-order valence-electron chi connectivity index (χ0n) is 14.9. The zero-order valence-corrected chi connectivity index (χ0v) is 14.9. The van der Waals surface area contributed by atoms with E-state index in [0.29, 0.717) is 23.9 Å². The topological polar surface area (TPSA) is 108 Å². The van der Waals surface area contributed by atoms with Crippen LogP contribution in [0.3, 0.4) is 0 Å². The zero-order chi connectivity index (χ0) is 19.5. The molecule has 0 amide bonds. The molecule has 1 aliphatic carbocycles. The molecule has 0 atom stereocenters. The minimum Gasteiger partial charge on any atom is -0.383 e. The summed E-state index contributed by atoms with van der Waals surface area (Å²) in [5.41, 5.74) is 0.0368. The second kappa shape index (κ2) is 5.94. The molecule has 9 nitrogen and oxygen atoms in total. The summed E-state index contributed by atoms with van der Waals surface area (Å²) < 4.78 is 27.2. The minimum absolute atomic E-state index is 0.0506. The van der Waals surface area contributed by atoms with Gasteiger partial charge in [-0.1, -0.05) is 5.16 Å². The lowest BCUT2D eigenvalue weighted by Crippen LogP contribution is -2.25. The summed E-state index contributed by atoms with van der Waals surface area (Å²) in [6, 6.07) is 4.21. The molecule has 0 spiro atoms. The van der Waals surface area contributed by atoms with Crippen molar-refractivity contribution < 1.29 is 18.8 Å². The second-order valence-corrected chi connectivity index (χ2v) is 6.85. The monoisotopic (exact) mass is 385 g/mol. The van der Waals surface area contributed by atoms with Gasteiger partial charge in [-0.3, -0.25) is 9.20 Å². The average Bonchev–Trinajstić information content (AvgIpc) is 3.11. The Morgan fingerprint density at radius 3 is 2.93 bits per heavy atom. The molecular formula is C18H16FN5O4. The lowest BCUT2D eigenvalue weighted by Gasteiger charge is -2.12. The molecule has 10 heteroatoms. The van der Waals surface area contributed by atoms with E-state index in [4.69, 9.17) is 9.26 Å². The molecule has 1 fully saturated rings. The number of aliphatic hydroxyl groups is 1. The van der Waals surface area contributed by atoms with Crippen LogP contribution in [-0.2, 0) is 16.9 Å². The number of imidazole rings is 1. The first-order valence-corrected chi connectivity index (χ1v) is 8.77. The van der Waals surface area contributed by atoms with E-state index >= 15 is 0 Å². The molecule has 0 aliphatic heterocycles. The quantitative estimate of drug-likeness (QED) is 0.554. The molecular weight excluding hydrogens is 369 g/mol. The Bertz CT molecular complexity index is 1270. The van der Waals surface area contributed by atoms with Gasteiger partial charge in [0.15, 0.2) is 5.69 Å². The van der Waals surface area contributed by atoms with E-state index in [-0.39, 0.29) is 41.6 Å². The Morgan fingerprint density at radius 2 is 2.18 bits per heavy atom. The van der Waals surface area contributed by atoms with Gasteiger partial charge in [0.05, 0.1) is 17.6 Å². The molecule has 1 saturated carbocycles. The van der Waals surface area contributed by atoms with Crippen LogP contribution in [0.5, 0.6) is 0 Å². The maximum absolute atomic E-state index is 13.8. The van der Waals surface area contributed by atoms with E-state index < -0.39 is 11.4 Å². The Labute approximate surface area is 157 Å². The lowest BCUT2D eigenvalue weighted by molar-refractivity contribution is 0.137. The van der Waals surface area contributed by atoms with Gasteiger partial charge < -0.3 is 18.9 Å². The highest BCUT2D eigenvalue weighted by molar-refractivity contribution is 5.83. The Balaban J connectivity index is 1.77. The van der Waals surface area contributed by atoms with Crippen LogP contribution in [0.2, 0.25) is 0 Å². The van der Waals surface area contributed by atoms with Gasteiger partial charge in [-0.2, -0.15) is 4.98 Å². The number of methoxy groups -OCH3 is 1. The van der Waals surface area contributed by atoms with E-state index in [9.17, 15) is 14.3 Å². The first-order valence-electron chi connectivity index (χ1n) is 8.77. The molecule has 4 aromatic rings. The van der Waals surface area contributed by atoms with Crippen LogP contribution in [0.25, 0.3) is 28.1 Å². The molecule has 1 aliphatic rings. The van der Waals surface area contributed by atoms with E-state index in [1.54, 1.807) is 10.5 Å². The minimum atomic E-state index is -1.06. The molecule has 1 N–H and O–H groups in total. The molecule has 0 unspecified atom stereocenters. The summed E-state index contributed by atoms with van der Waals surface area (Å²) in [7, 11) is 1.53. The Morgan fingerprint density at radius 1 is 1.36 bits per heavy atom. The number of rotatable bonds is 5. The highest BCUT2D eigenvalue weighted by atomic mass is 19.1. The molecule has 3 aromatic heterocycles. The van der Waals surface area contributed by atoms with Crippen molar-refractivity contribution >= 4 is 16.6 Å². The van der Waals surface area contributed by atoms with Gasteiger partial charge in [-0.15, -0.1) is 0 Å². The van der Waals surface area contributed by atoms with Crippen LogP contribution in [-0.4, -0.2) is 42.9 Å². The third-order valence-corrected chi connectivity index (χ3v) is 4.99. The van der Waals surface area contributed by atoms with E-state index in [1.165, 1.54) is 30.1 Å². The standard InChI is InChI=1S/C18H16FN5O4/c1-27-7-6-23-12-8-10(19)2-3-11(12)24-9-20-13(14(24)16(23)25)15-21-17(22-28-15)18(26)4-5-18/h2-3,8-9,26H,4-7H2,1H3. The van der Waals surface area contributed by atoms with Crippen LogP contribution >= 0.6 is 0 Å². The van der Waals surface area contributed by atoms with Crippen molar-refractivity contribution in [2.24, 2.45) is 0 Å². The Hall–Kier alpha value is -3.11. The molecule has 5 rings (SSSR count). The molecule has 144 valence electrons. The van der Waals surface area contributed by atoms with Gasteiger partial charge in [0, 0.05) is 13.7 Å². The normalized spacial score (nSPS) is 15.5. The fourth-order valence-corrected chi connectivity index (χ4v) is 3.30. The Kier molecular flexibility index (Phi) is 3.61. The van der Waals surface area contributed by atoms with Crippen LogP contribution in [0.4, 0.5) is 4.39 Å². The van der Waals surface area contributed by atoms with Gasteiger partial charge in [0.1, 0.15) is 23.3 Å². The summed E-state index contributed by atoms with van der Waals surface area (Å²) in [6.07, 6.45) is 2.59. The SMILES string of the molecule is COCCn1c(=O)c2c(-c3nc(C4(O)CC4)no3)ncn2c2ccc(F)cc21. The first-order chi connectivity index (χ1) is 13.5. The smallest absolute Gasteiger partial charge is 0.279 e. The number of hydrogen-bond acceptors (Lipinski definition) is 7. The van der Waals surface area contributed by atoms with Crippen LogP contribution in [0.15, 0.2) is 33.8 Å². The number of halogens is 1. The predicted octanol–water partition coefficient (Wildman–Crippen LogP) is 1.47. The summed E-state index contributed by atoms with van der Waals surface area (Å²) >= 11 is 0. The van der Waals surface area contributed by atoms with Crippen molar-refractivity contribution in [1.82, 2.24) is 24.1 Å². The largest absolute Gasteiger partial charge is 0.383 e. The molecule has 28 heavy (non-hydrogen) atoms. The van der Waals surface area contributed by atoms with Crippen molar-refractivity contribution in [2.75, 3.05) is 13.7 Å². The fourth-order valence-electron chi connectivity index (χ4n) is 3.30. The lowest BCUT2D eigenvalue weighted by atomic mass is 10.2. The molecule has 0 saturated heterocycles. The summed E-state index contributed by atoms with van der Waals surface area (Å²) in [4.78, 5) is 21.7. The van der Waals surface area contributed by atoms with Gasteiger partial charge in [-0.25, -0.2) is 9.37 Å². The van der Waals surface area contributed by atoms with E-state index in [1.807, 2.05) is 0 Å². The maximum Gasteiger partial charge on any atom is 0.279 e. The third-order valence-electron chi connectivity index (χ3n) is 4.99. The van der Waals surface area contributed by atoms with Crippen LogP contribution in [0, 0.1) is 5.82 Å². The van der Waals surface area contributed by atoms with E-state index in [2.05, 4.69) is 15.1 Å².